The van der Waals surface area contributed by atoms with E-state index < -0.39 is 5.97 Å². The average Bonchev–Trinajstić information content (AvgIpc) is 3.28. The minimum Gasteiger partial charge on any atom is -0.489 e. The highest BCUT2D eigenvalue weighted by Gasteiger charge is 2.41. The van der Waals surface area contributed by atoms with Gasteiger partial charge in [-0.05, 0) is 86.9 Å². The molecule has 0 aliphatic carbocycles. The Morgan fingerprint density at radius 3 is 2.20 bits per heavy atom. The molecule has 41 heavy (non-hydrogen) atoms. The first-order chi connectivity index (χ1) is 19.6. The number of amides is 1. The lowest BCUT2D eigenvalue weighted by Gasteiger charge is -2.41. The third-order valence-electron chi connectivity index (χ3n) is 7.88. The molecule has 1 fully saturated rings. The van der Waals surface area contributed by atoms with Crippen LogP contribution in [0, 0.1) is 11.8 Å². The molecule has 2 aliphatic rings. The quantitative estimate of drug-likeness (QED) is 0.344. The Kier molecular flexibility index (Phi) is 8.18. The van der Waals surface area contributed by atoms with E-state index in [9.17, 15) is 9.59 Å². The van der Waals surface area contributed by atoms with Crippen molar-refractivity contribution in [2.75, 3.05) is 18.4 Å². The first-order valence-corrected chi connectivity index (χ1v) is 14.2. The minimum absolute atomic E-state index is 0.0214. The summed E-state index contributed by atoms with van der Waals surface area (Å²) in [5, 5.41) is 12.2. The molecule has 2 unspecified atom stereocenters. The van der Waals surface area contributed by atoms with Gasteiger partial charge >= 0.3 is 5.97 Å². The zero-order chi connectivity index (χ0) is 29.1. The topological polar surface area (TPSA) is 82.1 Å². The molecule has 1 amide bonds. The number of nitrogens with zero attached hydrogens (tertiary/aromatic N) is 2. The van der Waals surface area contributed by atoms with Crippen molar-refractivity contribution in [1.29, 1.82) is 0 Å². The minimum atomic E-state index is -0.729. The summed E-state index contributed by atoms with van der Waals surface area (Å²) in [4.78, 5) is 29.0. The van der Waals surface area contributed by atoms with Crippen LogP contribution in [-0.4, -0.2) is 51.5 Å². The van der Waals surface area contributed by atoms with E-state index >= 15 is 0 Å². The van der Waals surface area contributed by atoms with E-state index in [0.717, 1.165) is 33.8 Å². The summed E-state index contributed by atoms with van der Waals surface area (Å²) in [6, 6.07) is 26.0. The fourth-order valence-corrected chi connectivity index (χ4v) is 5.77. The van der Waals surface area contributed by atoms with Crippen molar-refractivity contribution in [3.63, 3.8) is 0 Å². The Bertz CT molecular complexity index is 1390. The van der Waals surface area contributed by atoms with Crippen molar-refractivity contribution < 1.29 is 19.4 Å². The van der Waals surface area contributed by atoms with Crippen molar-refractivity contribution >= 4 is 23.3 Å². The number of rotatable bonds is 9. The monoisotopic (exact) mass is 553 g/mol. The molecule has 7 heteroatoms. The number of carbonyl (C=O) groups is 2. The number of aliphatic carboxylic acids is 1. The zero-order valence-electron chi connectivity index (χ0n) is 24.2. The van der Waals surface area contributed by atoms with Crippen LogP contribution >= 0.6 is 0 Å². The van der Waals surface area contributed by atoms with E-state index in [2.05, 4.69) is 61.0 Å². The second-order valence-corrected chi connectivity index (χ2v) is 12.1. The van der Waals surface area contributed by atoms with Gasteiger partial charge in [-0.2, -0.15) is 0 Å². The highest BCUT2D eigenvalue weighted by Crippen LogP contribution is 2.40. The second-order valence-electron chi connectivity index (χ2n) is 12.1. The molecule has 2 aliphatic heterocycles. The Morgan fingerprint density at radius 1 is 0.927 bits per heavy atom. The van der Waals surface area contributed by atoms with Gasteiger partial charge in [-0.25, -0.2) is 0 Å². The number of benzene rings is 3. The molecular formula is C34H39N3O4. The van der Waals surface area contributed by atoms with Gasteiger partial charge in [0.25, 0.3) is 0 Å². The standard InChI is InChI=1S/C34H39N3O4/c1-23-30(32(38)35-28-14-10-24(11-15-28)19-36-20-27(21-36)33(39)40)18-31(37(23)34(2,3)4)26-12-16-29(17-13-26)41-22-25-8-6-5-7-9-25/h5-18,23,27,30H,19-22H2,1-4H3,(H,35,38)(H,39,40). The average molecular weight is 554 g/mol. The van der Waals surface area contributed by atoms with Gasteiger partial charge < -0.3 is 20.1 Å². The number of carboxylic acids is 1. The van der Waals surface area contributed by atoms with Gasteiger partial charge in [-0.15, -0.1) is 0 Å². The number of likely N-dealkylation sites (tertiary alicyclic amines) is 1. The fourth-order valence-electron chi connectivity index (χ4n) is 5.77. The lowest BCUT2D eigenvalue weighted by Crippen LogP contribution is -2.49. The SMILES string of the molecule is CC1C(C(=O)Nc2ccc(CN3CC(C(=O)O)C3)cc2)C=C(c2ccc(OCc3ccccc3)cc2)N1C(C)(C)C. The molecule has 0 spiro atoms. The molecule has 2 heterocycles. The number of carboxylic acid groups (broad SMARTS) is 1. The van der Waals surface area contributed by atoms with E-state index in [-0.39, 0.29) is 29.3 Å². The van der Waals surface area contributed by atoms with Crippen molar-refractivity contribution in [3.8, 4) is 5.75 Å². The van der Waals surface area contributed by atoms with Crippen LogP contribution in [0.1, 0.15) is 44.4 Å². The van der Waals surface area contributed by atoms with E-state index in [0.29, 0.717) is 26.2 Å². The van der Waals surface area contributed by atoms with E-state index in [1.165, 1.54) is 0 Å². The van der Waals surface area contributed by atoms with Gasteiger partial charge in [0.05, 0.1) is 11.8 Å². The highest BCUT2D eigenvalue weighted by molar-refractivity contribution is 5.96. The van der Waals surface area contributed by atoms with Crippen LogP contribution in [0.5, 0.6) is 5.75 Å². The number of hydrogen-bond donors (Lipinski definition) is 2. The molecular weight excluding hydrogens is 514 g/mol. The lowest BCUT2D eigenvalue weighted by molar-refractivity contribution is -0.147. The maximum absolute atomic E-state index is 13.5. The van der Waals surface area contributed by atoms with Gasteiger partial charge in [-0.3, -0.25) is 14.5 Å². The molecule has 2 N–H and O–H groups in total. The van der Waals surface area contributed by atoms with Crippen LogP contribution in [-0.2, 0) is 22.7 Å². The summed E-state index contributed by atoms with van der Waals surface area (Å²) in [7, 11) is 0. The van der Waals surface area contributed by atoms with Crippen LogP contribution in [0.3, 0.4) is 0 Å². The first kappa shape index (κ1) is 28.4. The predicted octanol–water partition coefficient (Wildman–Crippen LogP) is 5.88. The van der Waals surface area contributed by atoms with Crippen LogP contribution in [0.2, 0.25) is 0 Å². The summed E-state index contributed by atoms with van der Waals surface area (Å²) in [6.45, 7) is 11.0. The van der Waals surface area contributed by atoms with E-state index in [1.54, 1.807) is 0 Å². The van der Waals surface area contributed by atoms with Crippen LogP contribution in [0.4, 0.5) is 5.69 Å². The summed E-state index contributed by atoms with van der Waals surface area (Å²) in [5.74, 6) is -0.539. The molecule has 3 aromatic carbocycles. The molecule has 214 valence electrons. The van der Waals surface area contributed by atoms with Gasteiger partial charge in [0, 0.05) is 42.6 Å². The second kappa shape index (κ2) is 11.8. The van der Waals surface area contributed by atoms with E-state index in [1.807, 2.05) is 66.7 Å². The van der Waals surface area contributed by atoms with Crippen LogP contribution in [0.25, 0.3) is 5.70 Å². The number of carbonyl (C=O) groups excluding carboxylic acids is 1. The first-order valence-electron chi connectivity index (χ1n) is 14.2. The van der Waals surface area contributed by atoms with E-state index in [4.69, 9.17) is 9.84 Å². The molecule has 5 rings (SSSR count). The molecule has 7 nitrogen and oxygen atoms in total. The summed E-state index contributed by atoms with van der Waals surface area (Å²) < 4.78 is 5.98. The third kappa shape index (κ3) is 6.63. The van der Waals surface area contributed by atoms with Crippen molar-refractivity contribution in [2.24, 2.45) is 11.8 Å². The Balaban J connectivity index is 1.25. The molecule has 1 saturated heterocycles. The third-order valence-corrected chi connectivity index (χ3v) is 7.88. The summed E-state index contributed by atoms with van der Waals surface area (Å²) in [6.07, 6.45) is 2.09. The zero-order valence-corrected chi connectivity index (χ0v) is 24.2. The molecule has 0 radical (unpaired) electrons. The molecule has 3 aromatic rings. The highest BCUT2D eigenvalue weighted by atomic mass is 16.5. The van der Waals surface area contributed by atoms with Crippen molar-refractivity contribution in [2.45, 2.75) is 52.4 Å². The van der Waals surface area contributed by atoms with Gasteiger partial charge in [0.1, 0.15) is 12.4 Å². The largest absolute Gasteiger partial charge is 0.489 e. The van der Waals surface area contributed by atoms with Crippen molar-refractivity contribution in [3.05, 3.63) is 102 Å². The molecule has 0 aromatic heterocycles. The molecule has 0 bridgehead atoms. The molecule has 2 atom stereocenters. The normalized spacial score (nSPS) is 19.4. The van der Waals surface area contributed by atoms with Gasteiger partial charge in [0.15, 0.2) is 0 Å². The number of nitrogens with one attached hydrogen (secondary N) is 1. The Labute approximate surface area is 242 Å². The summed E-state index contributed by atoms with van der Waals surface area (Å²) in [5.41, 5.74) is 4.89. The number of ether oxygens (including phenoxy) is 1. The van der Waals surface area contributed by atoms with Gasteiger partial charge in [-0.1, -0.05) is 42.5 Å². The van der Waals surface area contributed by atoms with Gasteiger partial charge in [0.2, 0.25) is 5.91 Å². The Hall–Kier alpha value is -4.10. The van der Waals surface area contributed by atoms with Crippen LogP contribution < -0.4 is 10.1 Å². The van der Waals surface area contributed by atoms with Crippen LogP contribution in [0.15, 0.2) is 84.9 Å². The Morgan fingerprint density at radius 2 is 1.59 bits per heavy atom. The summed E-state index contributed by atoms with van der Waals surface area (Å²) >= 11 is 0. The smallest absolute Gasteiger partial charge is 0.309 e. The predicted molar refractivity (Wildman–Crippen MR) is 161 cm³/mol. The number of anilines is 1. The maximum Gasteiger partial charge on any atom is 0.309 e. The lowest BCUT2D eigenvalue weighted by atomic mass is 9.98. The van der Waals surface area contributed by atoms with Crippen molar-refractivity contribution in [1.82, 2.24) is 9.80 Å². The maximum atomic E-state index is 13.5. The fraction of sp³-hybridized carbons (Fsp3) is 0.353. The number of hydrogen-bond acceptors (Lipinski definition) is 5. The molecule has 0 saturated carbocycles.